The van der Waals surface area contributed by atoms with E-state index in [0.29, 0.717) is 12.8 Å². The van der Waals surface area contributed by atoms with Crippen LogP contribution < -0.4 is 5.73 Å². The van der Waals surface area contributed by atoms with E-state index in [0.717, 1.165) is 83.5 Å². The molecule has 0 heterocycles. The Morgan fingerprint density at radius 2 is 1.02 bits per heavy atom. The summed E-state index contributed by atoms with van der Waals surface area (Å²) in [6.07, 6.45) is 37.8. The summed E-state index contributed by atoms with van der Waals surface area (Å²) in [6, 6.07) is -1.52. The SMILES string of the molecule is CCCC/C=C\C/C=C\CCCCCCCC(=O)OC[C@H](COP(=O)(O)OC[C@H](N)C(=O)O)OC(=O)CCCCCCC/C=C\CCCCCCCC. The van der Waals surface area contributed by atoms with E-state index in [1.807, 2.05) is 0 Å². The number of carboxylic acid groups (broad SMARTS) is 1. The van der Waals surface area contributed by atoms with Crippen LogP contribution in [0.25, 0.3) is 0 Å². The Kier molecular flexibility index (Phi) is 35.1. The highest BCUT2D eigenvalue weighted by atomic mass is 31.2. The lowest BCUT2D eigenvalue weighted by Crippen LogP contribution is -2.34. The van der Waals surface area contributed by atoms with Gasteiger partial charge >= 0.3 is 25.7 Å². The number of phosphoric ester groups is 1. The fraction of sp³-hybridized carbons (Fsp3) is 0.780. The lowest BCUT2D eigenvalue weighted by Gasteiger charge is -2.20. The van der Waals surface area contributed by atoms with Crippen molar-refractivity contribution in [3.05, 3.63) is 36.5 Å². The topological polar surface area (TPSA) is 172 Å². The van der Waals surface area contributed by atoms with E-state index in [1.54, 1.807) is 0 Å². The number of esters is 2. The van der Waals surface area contributed by atoms with E-state index in [4.69, 9.17) is 24.8 Å². The molecule has 0 aromatic rings. The summed E-state index contributed by atoms with van der Waals surface area (Å²) in [4.78, 5) is 45.8. The maximum Gasteiger partial charge on any atom is 0.472 e. The molecule has 0 aliphatic heterocycles. The number of allylic oxidation sites excluding steroid dienone is 6. The zero-order valence-corrected chi connectivity index (χ0v) is 34.0. The molecular weight excluding hydrogens is 697 g/mol. The predicted octanol–water partition coefficient (Wildman–Crippen LogP) is 10.4. The summed E-state index contributed by atoms with van der Waals surface area (Å²) >= 11 is 0. The number of aliphatic carboxylic acids is 1. The van der Waals surface area contributed by atoms with Gasteiger partial charge in [0.2, 0.25) is 0 Å². The van der Waals surface area contributed by atoms with Crippen LogP contribution in [0.5, 0.6) is 0 Å². The Morgan fingerprint density at radius 3 is 1.55 bits per heavy atom. The second-order valence-electron chi connectivity index (χ2n) is 13.8. The van der Waals surface area contributed by atoms with Crippen molar-refractivity contribution in [3.63, 3.8) is 0 Å². The molecule has 0 radical (unpaired) electrons. The molecule has 0 aliphatic carbocycles. The Hall–Kier alpha value is -2.30. The van der Waals surface area contributed by atoms with Crippen molar-refractivity contribution in [2.75, 3.05) is 19.8 Å². The number of rotatable bonds is 38. The number of unbranched alkanes of at least 4 members (excludes halogenated alkanes) is 18. The molecule has 0 aromatic carbocycles. The molecule has 0 aromatic heterocycles. The van der Waals surface area contributed by atoms with E-state index in [-0.39, 0.29) is 19.4 Å². The van der Waals surface area contributed by atoms with Gasteiger partial charge in [-0.15, -0.1) is 0 Å². The molecule has 0 spiro atoms. The quantitative estimate of drug-likeness (QED) is 0.0236. The molecule has 11 nitrogen and oxygen atoms in total. The molecule has 0 aliphatic rings. The highest BCUT2D eigenvalue weighted by Gasteiger charge is 2.28. The molecule has 0 amide bonds. The fourth-order valence-corrected chi connectivity index (χ4v) is 6.09. The highest BCUT2D eigenvalue weighted by Crippen LogP contribution is 2.43. The molecule has 0 rings (SSSR count). The standard InChI is InChI=1S/C41H74NO10P/c1-3-5-7-9-11-13-15-17-19-21-23-25-27-29-31-33-40(44)52-37(35-50-53(47,48)51-36-38(42)41(45)46)34-49-39(43)32-30-28-26-24-22-20-18-16-14-12-10-8-6-4-2/h10,12,16-19,37-38H,3-9,11,13-15,20-36,42H2,1-2H3,(H,45,46)(H,47,48)/b12-10-,18-16-,19-17-/t37-,38+/m1/s1. The molecule has 0 saturated heterocycles. The number of hydrogen-bond donors (Lipinski definition) is 3. The van der Waals surface area contributed by atoms with Crippen LogP contribution in [0.1, 0.15) is 174 Å². The highest BCUT2D eigenvalue weighted by molar-refractivity contribution is 7.47. The number of phosphoric acid groups is 1. The third-order valence-electron chi connectivity index (χ3n) is 8.61. The van der Waals surface area contributed by atoms with Crippen LogP contribution >= 0.6 is 7.82 Å². The summed E-state index contributed by atoms with van der Waals surface area (Å²) < 4.78 is 32.6. The summed E-state index contributed by atoms with van der Waals surface area (Å²) in [7, 11) is -4.72. The van der Waals surface area contributed by atoms with Gasteiger partial charge < -0.3 is 25.2 Å². The van der Waals surface area contributed by atoms with Gasteiger partial charge in [-0.3, -0.25) is 23.4 Å². The van der Waals surface area contributed by atoms with Crippen LogP contribution in [-0.2, 0) is 37.5 Å². The molecule has 53 heavy (non-hydrogen) atoms. The fourth-order valence-electron chi connectivity index (χ4n) is 5.31. The van der Waals surface area contributed by atoms with Crippen molar-refractivity contribution < 1.29 is 47.5 Å². The van der Waals surface area contributed by atoms with Crippen LogP contribution in [0.4, 0.5) is 0 Å². The second kappa shape index (κ2) is 36.7. The first-order valence-corrected chi connectivity index (χ1v) is 22.0. The average molecular weight is 772 g/mol. The third kappa shape index (κ3) is 36.4. The van der Waals surface area contributed by atoms with Crippen molar-refractivity contribution >= 4 is 25.7 Å². The molecule has 0 bridgehead atoms. The summed E-state index contributed by atoms with van der Waals surface area (Å²) in [5, 5.41) is 8.87. The minimum atomic E-state index is -4.72. The van der Waals surface area contributed by atoms with E-state index in [2.05, 4.69) is 54.8 Å². The van der Waals surface area contributed by atoms with Crippen molar-refractivity contribution in [3.8, 4) is 0 Å². The molecule has 1 unspecified atom stereocenters. The van der Waals surface area contributed by atoms with Gasteiger partial charge in [0, 0.05) is 12.8 Å². The lowest BCUT2D eigenvalue weighted by atomic mass is 10.1. The van der Waals surface area contributed by atoms with E-state index < -0.39 is 51.1 Å². The van der Waals surface area contributed by atoms with Crippen LogP contribution in [0.2, 0.25) is 0 Å². The van der Waals surface area contributed by atoms with Crippen LogP contribution in [0.3, 0.4) is 0 Å². The maximum atomic E-state index is 12.6. The first-order chi connectivity index (χ1) is 25.6. The first-order valence-electron chi connectivity index (χ1n) is 20.5. The van der Waals surface area contributed by atoms with Crippen molar-refractivity contribution in [1.29, 1.82) is 0 Å². The maximum absolute atomic E-state index is 12.6. The Balaban J connectivity index is 4.44. The summed E-state index contributed by atoms with van der Waals surface area (Å²) in [6.45, 7) is 2.72. The number of carbonyl (C=O) groups excluding carboxylic acids is 2. The molecular formula is C41H74NO10P. The van der Waals surface area contributed by atoms with Gasteiger partial charge in [0.25, 0.3) is 0 Å². The Bertz CT molecular complexity index is 1050. The normalized spacial score (nSPS) is 14.2. The Labute approximate surface area is 321 Å². The summed E-state index contributed by atoms with van der Waals surface area (Å²) in [5.41, 5.74) is 5.32. The van der Waals surface area contributed by atoms with Gasteiger partial charge in [0.05, 0.1) is 13.2 Å². The predicted molar refractivity (Wildman–Crippen MR) is 212 cm³/mol. The minimum Gasteiger partial charge on any atom is -0.480 e. The van der Waals surface area contributed by atoms with Gasteiger partial charge in [-0.05, 0) is 64.2 Å². The zero-order chi connectivity index (χ0) is 39.3. The number of carbonyl (C=O) groups is 3. The van der Waals surface area contributed by atoms with E-state index >= 15 is 0 Å². The number of nitrogens with two attached hydrogens (primary N) is 1. The van der Waals surface area contributed by atoms with Crippen molar-refractivity contribution in [1.82, 2.24) is 0 Å². The van der Waals surface area contributed by atoms with Crippen LogP contribution in [-0.4, -0.2) is 59.9 Å². The monoisotopic (exact) mass is 772 g/mol. The lowest BCUT2D eigenvalue weighted by molar-refractivity contribution is -0.161. The molecule has 12 heteroatoms. The van der Waals surface area contributed by atoms with Crippen molar-refractivity contribution in [2.45, 2.75) is 187 Å². The van der Waals surface area contributed by atoms with Gasteiger partial charge in [0.1, 0.15) is 12.6 Å². The van der Waals surface area contributed by atoms with Crippen LogP contribution in [0.15, 0.2) is 36.5 Å². The zero-order valence-electron chi connectivity index (χ0n) is 33.1. The minimum absolute atomic E-state index is 0.148. The molecule has 0 fully saturated rings. The van der Waals surface area contributed by atoms with E-state index in [1.165, 1.54) is 51.4 Å². The molecule has 4 N–H and O–H groups in total. The average Bonchev–Trinajstić information content (AvgIpc) is 3.13. The van der Waals surface area contributed by atoms with E-state index in [9.17, 15) is 23.8 Å². The molecule has 3 atom stereocenters. The van der Waals surface area contributed by atoms with Crippen molar-refractivity contribution in [2.24, 2.45) is 5.73 Å². The number of hydrogen-bond acceptors (Lipinski definition) is 9. The van der Waals surface area contributed by atoms with Gasteiger partial charge in [0.15, 0.2) is 6.10 Å². The second-order valence-corrected chi connectivity index (χ2v) is 15.2. The van der Waals surface area contributed by atoms with Gasteiger partial charge in [-0.1, -0.05) is 134 Å². The first kappa shape index (κ1) is 50.7. The largest absolute Gasteiger partial charge is 0.480 e. The van der Waals surface area contributed by atoms with Gasteiger partial charge in [-0.25, -0.2) is 4.57 Å². The van der Waals surface area contributed by atoms with Crippen LogP contribution in [0, 0.1) is 0 Å². The number of ether oxygens (including phenoxy) is 2. The molecule has 308 valence electrons. The van der Waals surface area contributed by atoms with Gasteiger partial charge in [-0.2, -0.15) is 0 Å². The number of carboxylic acids is 1. The molecule has 0 saturated carbocycles. The smallest absolute Gasteiger partial charge is 0.472 e. The third-order valence-corrected chi connectivity index (χ3v) is 9.56. The Morgan fingerprint density at radius 1 is 0.585 bits per heavy atom. The summed E-state index contributed by atoms with van der Waals surface area (Å²) in [5.74, 6) is -2.41.